The average Bonchev–Trinajstić information content (AvgIpc) is 3.11. The van der Waals surface area contributed by atoms with Crippen molar-refractivity contribution in [2.75, 3.05) is 6.61 Å². The van der Waals surface area contributed by atoms with E-state index in [0.717, 1.165) is 30.2 Å². The molecule has 3 rings (SSSR count). The van der Waals surface area contributed by atoms with Gasteiger partial charge in [0.1, 0.15) is 5.82 Å². The van der Waals surface area contributed by atoms with Crippen molar-refractivity contribution in [3.05, 3.63) is 35.6 Å². The Bertz CT molecular complexity index is 554. The van der Waals surface area contributed by atoms with Crippen LogP contribution < -0.4 is 0 Å². The summed E-state index contributed by atoms with van der Waals surface area (Å²) in [5, 5.41) is 12.5. The van der Waals surface area contributed by atoms with Gasteiger partial charge in [0, 0.05) is 12.4 Å². The molecule has 20 heavy (non-hydrogen) atoms. The van der Waals surface area contributed by atoms with E-state index in [2.05, 4.69) is 15.5 Å². The molecule has 1 aromatic carbocycles. The predicted octanol–water partition coefficient (Wildman–Crippen LogP) is 2.28. The van der Waals surface area contributed by atoms with Crippen LogP contribution in [0.4, 0.5) is 4.39 Å². The molecular formula is C13H15FN4OS. The average molecular weight is 294 g/mol. The number of tetrazole rings is 1. The predicted molar refractivity (Wildman–Crippen MR) is 72.8 cm³/mol. The molecule has 0 unspecified atom stereocenters. The molecule has 106 valence electrons. The summed E-state index contributed by atoms with van der Waals surface area (Å²) >= 11 is 1.54. The summed E-state index contributed by atoms with van der Waals surface area (Å²) < 4.78 is 20.2. The van der Waals surface area contributed by atoms with Crippen LogP contribution in [0, 0.1) is 5.82 Å². The van der Waals surface area contributed by atoms with Gasteiger partial charge in [-0.1, -0.05) is 23.9 Å². The molecule has 1 aliphatic heterocycles. The molecule has 0 aliphatic carbocycles. The minimum Gasteiger partial charge on any atom is -0.376 e. The lowest BCUT2D eigenvalue weighted by Crippen LogP contribution is -2.16. The van der Waals surface area contributed by atoms with Gasteiger partial charge < -0.3 is 4.74 Å². The van der Waals surface area contributed by atoms with Gasteiger partial charge in [0.05, 0.1) is 12.6 Å². The van der Waals surface area contributed by atoms with Gasteiger partial charge in [-0.15, -0.1) is 5.10 Å². The van der Waals surface area contributed by atoms with E-state index in [1.54, 1.807) is 28.6 Å². The molecule has 0 bridgehead atoms. The maximum absolute atomic E-state index is 12.8. The van der Waals surface area contributed by atoms with E-state index in [9.17, 15) is 4.39 Å². The first-order chi connectivity index (χ1) is 9.81. The number of nitrogens with zero attached hydrogens (tertiary/aromatic N) is 4. The Labute approximate surface area is 120 Å². The van der Waals surface area contributed by atoms with Crippen LogP contribution in [0.1, 0.15) is 18.4 Å². The monoisotopic (exact) mass is 294 g/mol. The number of ether oxygens (including phenoxy) is 1. The van der Waals surface area contributed by atoms with Gasteiger partial charge in [0.25, 0.3) is 0 Å². The standard InChI is InChI=1S/C13H15FN4OS/c14-11-5-3-10(4-6-11)9-20-13-15-16-17-18(13)8-12-2-1-7-19-12/h3-6,12H,1-2,7-9H2/t12-/m0/s1. The molecule has 0 N–H and O–H groups in total. The van der Waals surface area contributed by atoms with E-state index in [1.807, 2.05) is 0 Å². The summed E-state index contributed by atoms with van der Waals surface area (Å²) in [6.07, 6.45) is 2.37. The highest BCUT2D eigenvalue weighted by Gasteiger charge is 2.18. The molecule has 1 atom stereocenters. The summed E-state index contributed by atoms with van der Waals surface area (Å²) in [5.41, 5.74) is 1.04. The number of hydrogen-bond donors (Lipinski definition) is 0. The highest BCUT2D eigenvalue weighted by Crippen LogP contribution is 2.22. The van der Waals surface area contributed by atoms with Crippen LogP contribution in [0.25, 0.3) is 0 Å². The van der Waals surface area contributed by atoms with Crippen LogP contribution in [-0.4, -0.2) is 32.9 Å². The van der Waals surface area contributed by atoms with Gasteiger partial charge in [-0.05, 0) is 41.0 Å². The third kappa shape index (κ3) is 3.34. The fraction of sp³-hybridized carbons (Fsp3) is 0.462. The second-order valence-electron chi connectivity index (χ2n) is 4.69. The first-order valence-electron chi connectivity index (χ1n) is 6.56. The Morgan fingerprint density at radius 3 is 2.95 bits per heavy atom. The van der Waals surface area contributed by atoms with Crippen LogP contribution in [0.5, 0.6) is 0 Å². The molecule has 2 aromatic rings. The smallest absolute Gasteiger partial charge is 0.209 e. The van der Waals surface area contributed by atoms with Crippen LogP contribution in [0.15, 0.2) is 29.4 Å². The molecule has 0 radical (unpaired) electrons. The number of rotatable bonds is 5. The van der Waals surface area contributed by atoms with Crippen molar-refractivity contribution >= 4 is 11.8 Å². The first-order valence-corrected chi connectivity index (χ1v) is 7.55. The first kappa shape index (κ1) is 13.5. The number of aromatic nitrogens is 4. The van der Waals surface area contributed by atoms with Crippen molar-refractivity contribution in [2.45, 2.75) is 36.4 Å². The highest BCUT2D eigenvalue weighted by molar-refractivity contribution is 7.98. The fourth-order valence-corrected chi connectivity index (χ4v) is 2.97. The van der Waals surface area contributed by atoms with E-state index >= 15 is 0 Å². The molecule has 0 spiro atoms. The van der Waals surface area contributed by atoms with Crippen molar-refractivity contribution in [3.63, 3.8) is 0 Å². The van der Waals surface area contributed by atoms with E-state index in [0.29, 0.717) is 12.3 Å². The van der Waals surface area contributed by atoms with Gasteiger partial charge in [0.2, 0.25) is 5.16 Å². The van der Waals surface area contributed by atoms with Crippen molar-refractivity contribution in [3.8, 4) is 0 Å². The Kier molecular flexibility index (Phi) is 4.27. The maximum Gasteiger partial charge on any atom is 0.209 e. The minimum absolute atomic E-state index is 0.212. The number of hydrogen-bond acceptors (Lipinski definition) is 5. The zero-order chi connectivity index (χ0) is 13.8. The lowest BCUT2D eigenvalue weighted by atomic mass is 10.2. The fourth-order valence-electron chi connectivity index (χ4n) is 2.12. The van der Waals surface area contributed by atoms with Gasteiger partial charge in [-0.3, -0.25) is 0 Å². The van der Waals surface area contributed by atoms with E-state index in [4.69, 9.17) is 4.74 Å². The second kappa shape index (κ2) is 6.32. The quantitative estimate of drug-likeness (QED) is 0.792. The zero-order valence-electron chi connectivity index (χ0n) is 10.9. The molecule has 1 saturated heterocycles. The Hall–Kier alpha value is -1.47. The number of thioether (sulfide) groups is 1. The minimum atomic E-state index is -0.220. The molecule has 0 saturated carbocycles. The highest BCUT2D eigenvalue weighted by atomic mass is 32.2. The molecular weight excluding hydrogens is 279 g/mol. The lowest BCUT2D eigenvalue weighted by Gasteiger charge is -2.09. The van der Waals surface area contributed by atoms with E-state index < -0.39 is 0 Å². The lowest BCUT2D eigenvalue weighted by molar-refractivity contribution is 0.0912. The molecule has 1 aromatic heterocycles. The second-order valence-corrected chi connectivity index (χ2v) is 5.64. The summed E-state index contributed by atoms with van der Waals surface area (Å²) in [5.74, 6) is 0.494. The summed E-state index contributed by atoms with van der Waals surface area (Å²) in [6, 6.07) is 6.48. The zero-order valence-corrected chi connectivity index (χ0v) is 11.7. The Balaban J connectivity index is 1.59. The topological polar surface area (TPSA) is 52.8 Å². The van der Waals surface area contributed by atoms with E-state index in [-0.39, 0.29) is 11.9 Å². The third-order valence-electron chi connectivity index (χ3n) is 3.18. The van der Waals surface area contributed by atoms with Crippen LogP contribution in [-0.2, 0) is 17.0 Å². The van der Waals surface area contributed by atoms with Crippen LogP contribution in [0.2, 0.25) is 0 Å². The van der Waals surface area contributed by atoms with Gasteiger partial charge in [0.15, 0.2) is 0 Å². The van der Waals surface area contributed by atoms with Crippen molar-refractivity contribution in [2.24, 2.45) is 0 Å². The van der Waals surface area contributed by atoms with Crippen LogP contribution in [0.3, 0.4) is 0 Å². The molecule has 0 amide bonds. The molecule has 1 fully saturated rings. The Morgan fingerprint density at radius 2 is 2.20 bits per heavy atom. The van der Waals surface area contributed by atoms with Crippen molar-refractivity contribution in [1.82, 2.24) is 20.2 Å². The van der Waals surface area contributed by atoms with Gasteiger partial charge >= 0.3 is 0 Å². The Morgan fingerprint density at radius 1 is 1.35 bits per heavy atom. The molecule has 7 heteroatoms. The van der Waals surface area contributed by atoms with Gasteiger partial charge in [-0.2, -0.15) is 0 Å². The third-order valence-corrected chi connectivity index (χ3v) is 4.21. The summed E-state index contributed by atoms with van der Waals surface area (Å²) in [7, 11) is 0. The van der Waals surface area contributed by atoms with Crippen molar-refractivity contribution in [1.29, 1.82) is 0 Å². The van der Waals surface area contributed by atoms with Crippen molar-refractivity contribution < 1.29 is 9.13 Å². The largest absolute Gasteiger partial charge is 0.376 e. The summed E-state index contributed by atoms with van der Waals surface area (Å²) in [6.45, 7) is 1.52. The maximum atomic E-state index is 12.8. The van der Waals surface area contributed by atoms with E-state index in [1.165, 1.54) is 12.1 Å². The molecule has 1 aliphatic rings. The SMILES string of the molecule is Fc1ccc(CSc2nnnn2C[C@@H]2CCCO2)cc1. The van der Waals surface area contributed by atoms with Gasteiger partial charge in [-0.25, -0.2) is 9.07 Å². The number of benzene rings is 1. The summed E-state index contributed by atoms with van der Waals surface area (Å²) in [4.78, 5) is 0. The normalized spacial score (nSPS) is 18.6. The molecule has 5 nitrogen and oxygen atoms in total. The number of halogens is 1. The van der Waals surface area contributed by atoms with Crippen LogP contribution >= 0.6 is 11.8 Å². The molecule has 2 heterocycles.